The van der Waals surface area contributed by atoms with E-state index in [2.05, 4.69) is 39.4 Å². The van der Waals surface area contributed by atoms with Crippen LogP contribution >= 0.6 is 11.6 Å². The summed E-state index contributed by atoms with van der Waals surface area (Å²) < 4.78 is 1.90. The average Bonchev–Trinajstić information content (AvgIpc) is 2.85. The second-order valence-electron chi connectivity index (χ2n) is 4.37. The fourth-order valence-electron chi connectivity index (χ4n) is 2.11. The van der Waals surface area contributed by atoms with E-state index >= 15 is 0 Å². The van der Waals surface area contributed by atoms with Crippen LogP contribution < -0.4 is 0 Å². The van der Waals surface area contributed by atoms with Gasteiger partial charge in [0, 0.05) is 18.8 Å². The first-order chi connectivity index (χ1) is 9.34. The highest BCUT2D eigenvalue weighted by molar-refractivity contribution is 6.32. The fraction of sp³-hybridized carbons (Fsp3) is 0.214. The monoisotopic (exact) mass is 272 g/mol. The number of hydrogen-bond acceptors (Lipinski definition) is 3. The maximum Gasteiger partial charge on any atom is 0.198 e. The Hall–Kier alpha value is -1.94. The molecule has 0 atom stereocenters. The molecule has 0 amide bonds. The maximum atomic E-state index is 5.97. The number of benzene rings is 1. The van der Waals surface area contributed by atoms with Crippen LogP contribution in [0.1, 0.15) is 17.8 Å². The zero-order valence-corrected chi connectivity index (χ0v) is 11.1. The lowest BCUT2D eigenvalue weighted by Gasteiger charge is -2.01. The van der Waals surface area contributed by atoms with Crippen LogP contribution in [0.25, 0.3) is 5.65 Å². The average molecular weight is 273 g/mol. The van der Waals surface area contributed by atoms with E-state index in [1.165, 1.54) is 5.56 Å². The molecule has 0 saturated carbocycles. The minimum Gasteiger partial charge on any atom is -0.282 e. The van der Waals surface area contributed by atoms with Crippen molar-refractivity contribution in [2.45, 2.75) is 19.3 Å². The number of rotatable bonds is 4. The molecule has 0 aliphatic carbocycles. The molecule has 19 heavy (non-hydrogen) atoms. The second-order valence-corrected chi connectivity index (χ2v) is 4.73. The van der Waals surface area contributed by atoms with Crippen molar-refractivity contribution < 1.29 is 0 Å². The standard InChI is InChI=1S/C14H13ClN4/c15-13-14-18-17-12(19(14)10-9-16-13)8-4-7-11-5-2-1-3-6-11/h1-3,5-6,9-10H,4,7-8H2. The molecule has 1 aromatic carbocycles. The van der Waals surface area contributed by atoms with Crippen LogP contribution in [-0.2, 0) is 12.8 Å². The molecule has 0 aliphatic heterocycles. The number of aromatic nitrogens is 4. The van der Waals surface area contributed by atoms with Gasteiger partial charge >= 0.3 is 0 Å². The number of halogens is 1. The molecule has 4 nitrogen and oxygen atoms in total. The van der Waals surface area contributed by atoms with Gasteiger partial charge in [-0.3, -0.25) is 4.40 Å². The van der Waals surface area contributed by atoms with E-state index in [1.54, 1.807) is 6.20 Å². The lowest BCUT2D eigenvalue weighted by molar-refractivity contribution is 0.760. The number of aryl methyl sites for hydroxylation is 2. The van der Waals surface area contributed by atoms with Crippen molar-refractivity contribution in [3.8, 4) is 0 Å². The van der Waals surface area contributed by atoms with Gasteiger partial charge in [0.05, 0.1) is 0 Å². The van der Waals surface area contributed by atoms with Crippen molar-refractivity contribution in [3.05, 3.63) is 59.3 Å². The summed E-state index contributed by atoms with van der Waals surface area (Å²) in [6, 6.07) is 10.4. The molecule has 2 heterocycles. The number of fused-ring (bicyclic) bond motifs is 1. The van der Waals surface area contributed by atoms with Gasteiger partial charge in [-0.25, -0.2) is 4.98 Å². The van der Waals surface area contributed by atoms with Crippen LogP contribution in [0.2, 0.25) is 5.15 Å². The Bertz CT molecular complexity index is 678. The number of nitrogens with zero attached hydrogens (tertiary/aromatic N) is 4. The van der Waals surface area contributed by atoms with Crippen LogP contribution in [0.5, 0.6) is 0 Å². The van der Waals surface area contributed by atoms with E-state index in [0.29, 0.717) is 10.8 Å². The van der Waals surface area contributed by atoms with Gasteiger partial charge in [0.15, 0.2) is 10.8 Å². The topological polar surface area (TPSA) is 43.1 Å². The highest BCUT2D eigenvalue weighted by Crippen LogP contribution is 2.14. The summed E-state index contributed by atoms with van der Waals surface area (Å²) in [6.07, 6.45) is 6.45. The highest BCUT2D eigenvalue weighted by Gasteiger charge is 2.08. The van der Waals surface area contributed by atoms with Crippen LogP contribution in [-0.4, -0.2) is 19.6 Å². The second kappa shape index (κ2) is 5.36. The Morgan fingerprint density at radius 3 is 2.74 bits per heavy atom. The summed E-state index contributed by atoms with van der Waals surface area (Å²) in [7, 11) is 0. The van der Waals surface area contributed by atoms with Gasteiger partial charge in [-0.15, -0.1) is 10.2 Å². The van der Waals surface area contributed by atoms with Crippen LogP contribution in [0, 0.1) is 0 Å². The third-order valence-electron chi connectivity index (χ3n) is 3.06. The summed E-state index contributed by atoms with van der Waals surface area (Å²) in [5.74, 6) is 0.926. The Labute approximate surface area is 116 Å². The van der Waals surface area contributed by atoms with Gasteiger partial charge in [-0.05, 0) is 18.4 Å². The molecule has 3 aromatic rings. The molecule has 0 aliphatic rings. The Balaban J connectivity index is 1.71. The number of hydrogen-bond donors (Lipinski definition) is 0. The van der Waals surface area contributed by atoms with Crippen LogP contribution in [0.4, 0.5) is 0 Å². The van der Waals surface area contributed by atoms with E-state index in [1.807, 2.05) is 16.7 Å². The SMILES string of the molecule is Clc1nccn2c(CCCc3ccccc3)nnc12. The van der Waals surface area contributed by atoms with Gasteiger partial charge in [-0.2, -0.15) is 0 Å². The van der Waals surface area contributed by atoms with Gasteiger partial charge in [0.1, 0.15) is 5.82 Å². The molecule has 0 saturated heterocycles. The quantitative estimate of drug-likeness (QED) is 0.733. The molecule has 0 fully saturated rings. The third-order valence-corrected chi connectivity index (χ3v) is 3.33. The van der Waals surface area contributed by atoms with E-state index in [-0.39, 0.29) is 0 Å². The molecule has 2 aromatic heterocycles. The summed E-state index contributed by atoms with van der Waals surface area (Å²) in [5, 5.41) is 8.63. The lowest BCUT2D eigenvalue weighted by atomic mass is 10.1. The maximum absolute atomic E-state index is 5.97. The van der Waals surface area contributed by atoms with Crippen molar-refractivity contribution in [1.29, 1.82) is 0 Å². The summed E-state index contributed by atoms with van der Waals surface area (Å²) in [4.78, 5) is 3.99. The van der Waals surface area contributed by atoms with Gasteiger partial charge in [0.25, 0.3) is 0 Å². The first-order valence-corrected chi connectivity index (χ1v) is 6.60. The molecule has 3 rings (SSSR count). The molecule has 0 spiro atoms. The summed E-state index contributed by atoms with van der Waals surface area (Å²) in [6.45, 7) is 0. The minimum atomic E-state index is 0.393. The molecule has 96 valence electrons. The van der Waals surface area contributed by atoms with Crippen molar-refractivity contribution in [2.24, 2.45) is 0 Å². The van der Waals surface area contributed by atoms with Crippen LogP contribution in [0.3, 0.4) is 0 Å². The van der Waals surface area contributed by atoms with E-state index in [9.17, 15) is 0 Å². The molecular weight excluding hydrogens is 260 g/mol. The Morgan fingerprint density at radius 2 is 1.89 bits per heavy atom. The van der Waals surface area contributed by atoms with Gasteiger partial charge < -0.3 is 0 Å². The summed E-state index contributed by atoms with van der Waals surface area (Å²) in [5.41, 5.74) is 1.97. The lowest BCUT2D eigenvalue weighted by Crippen LogP contribution is -1.97. The Kier molecular flexibility index (Phi) is 3.42. The molecule has 0 radical (unpaired) electrons. The zero-order valence-electron chi connectivity index (χ0n) is 10.3. The fourth-order valence-corrected chi connectivity index (χ4v) is 2.30. The van der Waals surface area contributed by atoms with E-state index < -0.39 is 0 Å². The highest BCUT2D eigenvalue weighted by atomic mass is 35.5. The predicted molar refractivity (Wildman–Crippen MR) is 74.3 cm³/mol. The van der Waals surface area contributed by atoms with E-state index in [0.717, 1.165) is 25.1 Å². The first kappa shape index (κ1) is 12.1. The van der Waals surface area contributed by atoms with Crippen molar-refractivity contribution in [2.75, 3.05) is 0 Å². The van der Waals surface area contributed by atoms with E-state index in [4.69, 9.17) is 11.6 Å². The molecule has 0 N–H and O–H groups in total. The van der Waals surface area contributed by atoms with Crippen LogP contribution in [0.15, 0.2) is 42.7 Å². The smallest absolute Gasteiger partial charge is 0.198 e. The van der Waals surface area contributed by atoms with Gasteiger partial charge in [-0.1, -0.05) is 41.9 Å². The molecule has 5 heteroatoms. The van der Waals surface area contributed by atoms with Crippen molar-refractivity contribution in [1.82, 2.24) is 19.6 Å². The molecular formula is C14H13ClN4. The molecule has 0 bridgehead atoms. The summed E-state index contributed by atoms with van der Waals surface area (Å²) >= 11 is 5.97. The minimum absolute atomic E-state index is 0.393. The normalized spacial score (nSPS) is 11.0. The zero-order chi connectivity index (χ0) is 13.1. The van der Waals surface area contributed by atoms with Crippen molar-refractivity contribution in [3.63, 3.8) is 0 Å². The Morgan fingerprint density at radius 1 is 1.05 bits per heavy atom. The van der Waals surface area contributed by atoms with Crippen molar-refractivity contribution >= 4 is 17.2 Å². The van der Waals surface area contributed by atoms with Gasteiger partial charge in [0.2, 0.25) is 0 Å². The first-order valence-electron chi connectivity index (χ1n) is 6.22. The largest absolute Gasteiger partial charge is 0.282 e. The molecule has 0 unspecified atom stereocenters. The third kappa shape index (κ3) is 2.58. The predicted octanol–water partition coefficient (Wildman–Crippen LogP) is 2.95.